The average molecular weight is 184 g/mol. The Morgan fingerprint density at radius 2 is 1.77 bits per heavy atom. The van der Waals surface area contributed by atoms with Crippen molar-refractivity contribution in [2.24, 2.45) is 5.73 Å². The number of likely N-dealkylation sites (N-methyl/N-ethyl adjacent to an activating group) is 1. The minimum Gasteiger partial charge on any atom is -0.342 e. The van der Waals surface area contributed by atoms with E-state index in [4.69, 9.17) is 5.73 Å². The van der Waals surface area contributed by atoms with Gasteiger partial charge in [0.25, 0.3) is 0 Å². The van der Waals surface area contributed by atoms with Gasteiger partial charge in [-0.2, -0.15) is 0 Å². The van der Waals surface area contributed by atoms with Gasteiger partial charge in [0.1, 0.15) is 0 Å². The summed E-state index contributed by atoms with van der Waals surface area (Å²) in [6.07, 6.45) is 3.93. The Hall–Kier alpha value is -0.570. The van der Waals surface area contributed by atoms with Crippen molar-refractivity contribution in [2.75, 3.05) is 13.1 Å². The maximum Gasteiger partial charge on any atom is 0.242 e. The second-order valence-electron chi connectivity index (χ2n) is 3.84. The summed E-state index contributed by atoms with van der Waals surface area (Å²) in [7, 11) is 0. The first-order valence-electron chi connectivity index (χ1n) is 5.22. The summed E-state index contributed by atoms with van der Waals surface area (Å²) in [5.74, 6) is 0.148. The van der Waals surface area contributed by atoms with Gasteiger partial charge in [0.2, 0.25) is 5.91 Å². The van der Waals surface area contributed by atoms with E-state index in [1.54, 1.807) is 0 Å². The molecule has 1 aliphatic rings. The molecule has 0 radical (unpaired) electrons. The van der Waals surface area contributed by atoms with Crippen LogP contribution in [0.25, 0.3) is 0 Å². The van der Waals surface area contributed by atoms with Gasteiger partial charge in [-0.05, 0) is 26.7 Å². The summed E-state index contributed by atoms with van der Waals surface area (Å²) in [5.41, 5.74) is 5.53. The molecule has 1 aliphatic carbocycles. The summed E-state index contributed by atoms with van der Waals surface area (Å²) in [5, 5.41) is 0. The molecule has 1 saturated carbocycles. The smallest absolute Gasteiger partial charge is 0.242 e. The number of hydrogen-bond acceptors (Lipinski definition) is 2. The summed E-state index contributed by atoms with van der Waals surface area (Å²) >= 11 is 0. The predicted molar refractivity (Wildman–Crippen MR) is 53.3 cm³/mol. The van der Waals surface area contributed by atoms with Crippen LogP contribution in [-0.4, -0.2) is 29.4 Å². The fourth-order valence-electron chi connectivity index (χ4n) is 2.05. The van der Waals surface area contributed by atoms with Crippen molar-refractivity contribution in [1.29, 1.82) is 0 Å². The van der Waals surface area contributed by atoms with Gasteiger partial charge in [-0.3, -0.25) is 4.79 Å². The maximum atomic E-state index is 11.9. The van der Waals surface area contributed by atoms with Crippen molar-refractivity contribution in [3.63, 3.8) is 0 Å². The highest BCUT2D eigenvalue weighted by atomic mass is 16.2. The van der Waals surface area contributed by atoms with Crippen LogP contribution >= 0.6 is 0 Å². The van der Waals surface area contributed by atoms with E-state index in [2.05, 4.69) is 0 Å². The molecule has 0 aromatic carbocycles. The van der Waals surface area contributed by atoms with Crippen molar-refractivity contribution in [1.82, 2.24) is 4.90 Å². The molecular weight excluding hydrogens is 164 g/mol. The van der Waals surface area contributed by atoms with Crippen LogP contribution in [0.3, 0.4) is 0 Å². The second-order valence-corrected chi connectivity index (χ2v) is 3.84. The molecule has 0 aromatic rings. The van der Waals surface area contributed by atoms with Crippen molar-refractivity contribution < 1.29 is 4.79 Å². The van der Waals surface area contributed by atoms with Crippen molar-refractivity contribution in [3.05, 3.63) is 0 Å². The average Bonchev–Trinajstić information content (AvgIpc) is 2.55. The molecule has 0 atom stereocenters. The van der Waals surface area contributed by atoms with E-state index in [1.165, 1.54) is 0 Å². The topological polar surface area (TPSA) is 46.3 Å². The normalized spacial score (nSPS) is 20.2. The van der Waals surface area contributed by atoms with Gasteiger partial charge in [-0.25, -0.2) is 0 Å². The van der Waals surface area contributed by atoms with E-state index in [0.717, 1.165) is 38.8 Å². The monoisotopic (exact) mass is 184 g/mol. The van der Waals surface area contributed by atoms with Crippen LogP contribution in [0.2, 0.25) is 0 Å². The molecular formula is C10H20N2O. The molecule has 0 saturated heterocycles. The summed E-state index contributed by atoms with van der Waals surface area (Å²) < 4.78 is 0. The standard InChI is InChI=1S/C10H20N2O/c1-3-12(4-2)9(13)10(11)7-5-6-8-10/h3-8,11H2,1-2H3. The lowest BCUT2D eigenvalue weighted by molar-refractivity contribution is -0.136. The lowest BCUT2D eigenvalue weighted by atomic mass is 9.97. The van der Waals surface area contributed by atoms with E-state index < -0.39 is 5.54 Å². The Bertz CT molecular complexity index is 181. The van der Waals surface area contributed by atoms with Crippen LogP contribution in [0.4, 0.5) is 0 Å². The molecule has 2 N–H and O–H groups in total. The molecule has 3 heteroatoms. The molecule has 0 spiro atoms. The quantitative estimate of drug-likeness (QED) is 0.714. The van der Waals surface area contributed by atoms with Crippen LogP contribution in [-0.2, 0) is 4.79 Å². The van der Waals surface area contributed by atoms with E-state index >= 15 is 0 Å². The Balaban J connectivity index is 2.64. The van der Waals surface area contributed by atoms with E-state index in [0.29, 0.717) is 0 Å². The molecule has 1 fully saturated rings. The molecule has 3 nitrogen and oxygen atoms in total. The third kappa shape index (κ3) is 2.02. The van der Waals surface area contributed by atoms with Crippen LogP contribution in [0.15, 0.2) is 0 Å². The molecule has 13 heavy (non-hydrogen) atoms. The second kappa shape index (κ2) is 4.09. The van der Waals surface area contributed by atoms with Crippen molar-refractivity contribution in [2.45, 2.75) is 45.1 Å². The van der Waals surface area contributed by atoms with Crippen molar-refractivity contribution >= 4 is 5.91 Å². The van der Waals surface area contributed by atoms with Gasteiger partial charge in [-0.15, -0.1) is 0 Å². The number of carbonyl (C=O) groups is 1. The SMILES string of the molecule is CCN(CC)C(=O)C1(N)CCCC1. The van der Waals surface area contributed by atoms with Gasteiger partial charge in [0.05, 0.1) is 5.54 Å². The number of hydrogen-bond donors (Lipinski definition) is 1. The highest BCUT2D eigenvalue weighted by Gasteiger charge is 2.38. The Kier molecular flexibility index (Phi) is 3.31. The predicted octanol–water partition coefficient (Wildman–Crippen LogP) is 1.13. The van der Waals surface area contributed by atoms with Crippen LogP contribution in [0, 0.1) is 0 Å². The summed E-state index contributed by atoms with van der Waals surface area (Å²) in [6, 6.07) is 0. The van der Waals surface area contributed by atoms with Gasteiger partial charge < -0.3 is 10.6 Å². The summed E-state index contributed by atoms with van der Waals surface area (Å²) in [6.45, 7) is 5.54. The first-order valence-corrected chi connectivity index (χ1v) is 5.22. The number of carbonyl (C=O) groups excluding carboxylic acids is 1. The van der Waals surface area contributed by atoms with Gasteiger partial charge in [0, 0.05) is 13.1 Å². The van der Waals surface area contributed by atoms with Gasteiger partial charge in [-0.1, -0.05) is 12.8 Å². The Morgan fingerprint density at radius 3 is 2.15 bits per heavy atom. The zero-order valence-electron chi connectivity index (χ0n) is 8.68. The van der Waals surface area contributed by atoms with Crippen LogP contribution in [0.1, 0.15) is 39.5 Å². The highest BCUT2D eigenvalue weighted by Crippen LogP contribution is 2.28. The van der Waals surface area contributed by atoms with Gasteiger partial charge >= 0.3 is 0 Å². The zero-order chi connectivity index (χ0) is 9.90. The highest BCUT2D eigenvalue weighted by molar-refractivity contribution is 5.86. The zero-order valence-corrected chi connectivity index (χ0v) is 8.68. The third-order valence-electron chi connectivity index (χ3n) is 2.97. The minimum absolute atomic E-state index is 0.148. The lowest BCUT2D eigenvalue weighted by Gasteiger charge is -2.29. The maximum absolute atomic E-state index is 11.9. The Morgan fingerprint density at radius 1 is 1.31 bits per heavy atom. The first kappa shape index (κ1) is 10.5. The molecule has 76 valence electrons. The molecule has 1 amide bonds. The molecule has 0 aliphatic heterocycles. The number of amides is 1. The van der Waals surface area contributed by atoms with E-state index in [9.17, 15) is 4.79 Å². The van der Waals surface area contributed by atoms with E-state index in [-0.39, 0.29) is 5.91 Å². The van der Waals surface area contributed by atoms with E-state index in [1.807, 2.05) is 18.7 Å². The molecule has 1 rings (SSSR count). The van der Waals surface area contributed by atoms with Gasteiger partial charge in [0.15, 0.2) is 0 Å². The molecule has 0 bridgehead atoms. The summed E-state index contributed by atoms with van der Waals surface area (Å²) in [4.78, 5) is 13.8. The fraction of sp³-hybridized carbons (Fsp3) is 0.900. The molecule has 0 heterocycles. The molecule has 0 aromatic heterocycles. The minimum atomic E-state index is -0.536. The number of nitrogens with two attached hydrogens (primary N) is 1. The lowest BCUT2D eigenvalue weighted by Crippen LogP contribution is -2.53. The first-order chi connectivity index (χ1) is 6.14. The Labute approximate surface area is 80.3 Å². The van der Waals surface area contributed by atoms with Crippen LogP contribution < -0.4 is 5.73 Å². The van der Waals surface area contributed by atoms with Crippen molar-refractivity contribution in [3.8, 4) is 0 Å². The third-order valence-corrected chi connectivity index (χ3v) is 2.97. The fourth-order valence-corrected chi connectivity index (χ4v) is 2.05. The largest absolute Gasteiger partial charge is 0.342 e. The number of rotatable bonds is 3. The number of nitrogens with zero attached hydrogens (tertiary/aromatic N) is 1. The van der Waals surface area contributed by atoms with Crippen LogP contribution in [0.5, 0.6) is 0 Å². The molecule has 0 unspecified atom stereocenters.